The van der Waals surface area contributed by atoms with E-state index >= 15 is 0 Å². The number of carboxylic acid groups (broad SMARTS) is 1. The standard InChI is InChI=1S/C9H12F3NO3/c10-9(11,12)7(14)5-13-3-1-6(2-4-13)8(15)16/h6H,1-5H2,(H,15,16). The van der Waals surface area contributed by atoms with Crippen molar-refractivity contribution in [3.05, 3.63) is 0 Å². The van der Waals surface area contributed by atoms with Crippen molar-refractivity contribution in [2.45, 2.75) is 19.0 Å². The summed E-state index contributed by atoms with van der Waals surface area (Å²) in [5.41, 5.74) is 0. The smallest absolute Gasteiger partial charge is 0.451 e. The lowest BCUT2D eigenvalue weighted by atomic mass is 9.97. The van der Waals surface area contributed by atoms with Crippen LogP contribution in [0.25, 0.3) is 0 Å². The summed E-state index contributed by atoms with van der Waals surface area (Å²) < 4.78 is 35.8. The zero-order valence-electron chi connectivity index (χ0n) is 8.46. The van der Waals surface area contributed by atoms with Gasteiger partial charge in [-0.15, -0.1) is 0 Å². The molecule has 1 N–H and O–H groups in total. The number of Topliss-reactive ketones (excluding diaryl/α,β-unsaturated/α-hetero) is 1. The molecule has 0 aromatic rings. The topological polar surface area (TPSA) is 57.6 Å². The Balaban J connectivity index is 2.38. The number of piperidine rings is 1. The number of carbonyl (C=O) groups excluding carboxylic acids is 1. The van der Waals surface area contributed by atoms with Gasteiger partial charge in [-0.1, -0.05) is 0 Å². The molecule has 0 radical (unpaired) electrons. The molecule has 0 aromatic heterocycles. The van der Waals surface area contributed by atoms with Gasteiger partial charge in [-0.3, -0.25) is 14.5 Å². The average Bonchev–Trinajstić information content (AvgIpc) is 2.17. The van der Waals surface area contributed by atoms with Gasteiger partial charge in [-0.05, 0) is 25.9 Å². The van der Waals surface area contributed by atoms with Crippen molar-refractivity contribution in [3.8, 4) is 0 Å². The van der Waals surface area contributed by atoms with Gasteiger partial charge in [0.25, 0.3) is 0 Å². The molecule has 1 saturated heterocycles. The van der Waals surface area contributed by atoms with Crippen molar-refractivity contribution < 1.29 is 27.9 Å². The van der Waals surface area contributed by atoms with Gasteiger partial charge in [0.1, 0.15) is 0 Å². The predicted molar refractivity (Wildman–Crippen MR) is 47.9 cm³/mol. The SMILES string of the molecule is O=C(O)C1CCN(CC(=O)C(F)(F)F)CC1. The number of alkyl halides is 3. The van der Waals surface area contributed by atoms with Crippen molar-refractivity contribution in [2.24, 2.45) is 5.92 Å². The molecule has 0 unspecified atom stereocenters. The Bertz CT molecular complexity index is 282. The highest BCUT2D eigenvalue weighted by molar-refractivity contribution is 5.85. The van der Waals surface area contributed by atoms with Crippen molar-refractivity contribution in [1.29, 1.82) is 0 Å². The maximum Gasteiger partial charge on any atom is 0.451 e. The zero-order chi connectivity index (χ0) is 12.3. The van der Waals surface area contributed by atoms with Crippen molar-refractivity contribution in [2.75, 3.05) is 19.6 Å². The van der Waals surface area contributed by atoms with Gasteiger partial charge in [0.05, 0.1) is 12.5 Å². The van der Waals surface area contributed by atoms with E-state index in [-0.39, 0.29) is 13.1 Å². The minimum atomic E-state index is -4.80. The second-order valence-electron chi connectivity index (χ2n) is 3.81. The van der Waals surface area contributed by atoms with Crippen LogP contribution in [0.15, 0.2) is 0 Å². The van der Waals surface area contributed by atoms with Crippen LogP contribution < -0.4 is 0 Å². The molecule has 0 atom stereocenters. The number of rotatable bonds is 3. The van der Waals surface area contributed by atoms with Crippen molar-refractivity contribution >= 4 is 11.8 Å². The van der Waals surface area contributed by atoms with E-state index in [1.807, 2.05) is 0 Å². The average molecular weight is 239 g/mol. The molecule has 7 heteroatoms. The molecule has 0 saturated carbocycles. The van der Waals surface area contributed by atoms with Crippen LogP contribution in [-0.2, 0) is 9.59 Å². The third-order valence-electron chi connectivity index (χ3n) is 2.62. The molecule has 0 aliphatic carbocycles. The molecule has 0 amide bonds. The van der Waals surface area contributed by atoms with Gasteiger partial charge in [-0.2, -0.15) is 13.2 Å². The van der Waals surface area contributed by atoms with E-state index < -0.39 is 30.4 Å². The second kappa shape index (κ2) is 4.82. The van der Waals surface area contributed by atoms with E-state index in [2.05, 4.69) is 0 Å². The summed E-state index contributed by atoms with van der Waals surface area (Å²) in [4.78, 5) is 22.6. The van der Waals surface area contributed by atoms with Crippen LogP contribution in [0.5, 0.6) is 0 Å². The molecule has 92 valence electrons. The summed E-state index contributed by atoms with van der Waals surface area (Å²) in [5, 5.41) is 8.67. The Morgan fingerprint density at radius 3 is 2.12 bits per heavy atom. The number of carbonyl (C=O) groups is 2. The molecule has 1 rings (SSSR count). The maximum absolute atomic E-state index is 11.9. The van der Waals surface area contributed by atoms with Crippen LogP contribution in [0.1, 0.15) is 12.8 Å². The largest absolute Gasteiger partial charge is 0.481 e. The molecule has 0 aromatic carbocycles. The monoisotopic (exact) mass is 239 g/mol. The summed E-state index contributed by atoms with van der Waals surface area (Å²) in [5.74, 6) is -3.21. The van der Waals surface area contributed by atoms with Gasteiger partial charge in [0.15, 0.2) is 0 Å². The number of halogens is 3. The van der Waals surface area contributed by atoms with Gasteiger partial charge in [0, 0.05) is 0 Å². The Morgan fingerprint density at radius 2 is 1.75 bits per heavy atom. The van der Waals surface area contributed by atoms with Gasteiger partial charge < -0.3 is 5.11 Å². The first-order valence-electron chi connectivity index (χ1n) is 4.86. The molecule has 1 aliphatic heterocycles. The molecular formula is C9H12F3NO3. The van der Waals surface area contributed by atoms with Crippen LogP contribution in [0.2, 0.25) is 0 Å². The van der Waals surface area contributed by atoms with Gasteiger partial charge >= 0.3 is 12.1 Å². The Hall–Kier alpha value is -1.11. The fourth-order valence-electron chi connectivity index (χ4n) is 1.63. The second-order valence-corrected chi connectivity index (χ2v) is 3.81. The molecule has 1 heterocycles. The number of nitrogens with zero attached hydrogens (tertiary/aromatic N) is 1. The zero-order valence-corrected chi connectivity index (χ0v) is 8.46. The minimum Gasteiger partial charge on any atom is -0.481 e. The first-order valence-corrected chi connectivity index (χ1v) is 4.86. The number of hydrogen-bond donors (Lipinski definition) is 1. The Morgan fingerprint density at radius 1 is 1.25 bits per heavy atom. The predicted octanol–water partition coefficient (Wildman–Crippen LogP) is 0.914. The van der Waals surface area contributed by atoms with Crippen LogP contribution in [-0.4, -0.2) is 47.6 Å². The lowest BCUT2D eigenvalue weighted by molar-refractivity contribution is -0.172. The summed E-state index contributed by atoms with van der Waals surface area (Å²) in [6, 6.07) is 0. The molecular weight excluding hydrogens is 227 g/mol. The number of likely N-dealkylation sites (tertiary alicyclic amines) is 1. The molecule has 1 aliphatic rings. The van der Waals surface area contributed by atoms with Crippen LogP contribution in [0, 0.1) is 5.92 Å². The normalized spacial score (nSPS) is 19.7. The quantitative estimate of drug-likeness (QED) is 0.795. The fourth-order valence-corrected chi connectivity index (χ4v) is 1.63. The molecule has 1 fully saturated rings. The third kappa shape index (κ3) is 3.48. The number of carboxylic acids is 1. The van der Waals surface area contributed by atoms with Crippen molar-refractivity contribution in [3.63, 3.8) is 0 Å². The Kier molecular flexibility index (Phi) is 3.90. The van der Waals surface area contributed by atoms with E-state index in [0.29, 0.717) is 12.8 Å². The van der Waals surface area contributed by atoms with Gasteiger partial charge in [0.2, 0.25) is 5.78 Å². The third-order valence-corrected chi connectivity index (χ3v) is 2.62. The summed E-state index contributed by atoms with van der Waals surface area (Å²) in [6.45, 7) is -0.229. The molecule has 4 nitrogen and oxygen atoms in total. The van der Waals surface area contributed by atoms with E-state index in [4.69, 9.17) is 5.11 Å². The summed E-state index contributed by atoms with van der Waals surface area (Å²) in [7, 11) is 0. The highest BCUT2D eigenvalue weighted by Crippen LogP contribution is 2.20. The van der Waals surface area contributed by atoms with Crippen LogP contribution >= 0.6 is 0 Å². The minimum absolute atomic E-state index is 0.221. The van der Waals surface area contributed by atoms with Crippen LogP contribution in [0.4, 0.5) is 13.2 Å². The Labute approximate surface area is 90.0 Å². The first-order chi connectivity index (χ1) is 7.30. The number of ketones is 1. The summed E-state index contributed by atoms with van der Waals surface area (Å²) >= 11 is 0. The van der Waals surface area contributed by atoms with E-state index in [1.165, 1.54) is 4.90 Å². The van der Waals surface area contributed by atoms with E-state index in [9.17, 15) is 22.8 Å². The highest BCUT2D eigenvalue weighted by atomic mass is 19.4. The van der Waals surface area contributed by atoms with Gasteiger partial charge in [-0.25, -0.2) is 0 Å². The molecule has 0 bridgehead atoms. The summed E-state index contributed by atoms with van der Waals surface area (Å²) in [6.07, 6.45) is -4.22. The van der Waals surface area contributed by atoms with E-state index in [0.717, 1.165) is 0 Å². The lowest BCUT2D eigenvalue weighted by Crippen LogP contribution is -2.42. The fraction of sp³-hybridized carbons (Fsp3) is 0.778. The van der Waals surface area contributed by atoms with E-state index in [1.54, 1.807) is 0 Å². The maximum atomic E-state index is 11.9. The number of hydrogen-bond acceptors (Lipinski definition) is 3. The highest BCUT2D eigenvalue weighted by Gasteiger charge is 2.39. The first kappa shape index (κ1) is 13.0. The lowest BCUT2D eigenvalue weighted by Gasteiger charge is -2.29. The molecule has 16 heavy (non-hydrogen) atoms. The van der Waals surface area contributed by atoms with Crippen molar-refractivity contribution in [1.82, 2.24) is 4.90 Å². The van der Waals surface area contributed by atoms with Crippen LogP contribution in [0.3, 0.4) is 0 Å². The number of aliphatic carboxylic acids is 1. The molecule has 0 spiro atoms.